The van der Waals surface area contributed by atoms with Gasteiger partial charge in [0.25, 0.3) is 0 Å². The Kier molecular flexibility index (Phi) is 7.33. The van der Waals surface area contributed by atoms with E-state index in [2.05, 4.69) is 10.3 Å². The fourth-order valence-corrected chi connectivity index (χ4v) is 5.10. The molecule has 1 amide bonds. The van der Waals surface area contributed by atoms with E-state index in [1.165, 1.54) is 4.31 Å². The van der Waals surface area contributed by atoms with Crippen LogP contribution in [0.3, 0.4) is 0 Å². The summed E-state index contributed by atoms with van der Waals surface area (Å²) in [5, 5.41) is 2.94. The summed E-state index contributed by atoms with van der Waals surface area (Å²) in [4.78, 5) is 17.1. The first kappa shape index (κ1) is 23.2. The van der Waals surface area contributed by atoms with Gasteiger partial charge in [0.05, 0.1) is 11.0 Å². The maximum absolute atomic E-state index is 12.9. The average Bonchev–Trinajstić information content (AvgIpc) is 2.74. The minimum absolute atomic E-state index is 0.0502. The Labute approximate surface area is 184 Å². The van der Waals surface area contributed by atoms with Crippen molar-refractivity contribution < 1.29 is 17.9 Å². The molecule has 1 aliphatic rings. The third-order valence-corrected chi connectivity index (χ3v) is 7.46. The molecule has 0 atom stereocenters. The number of piperidine rings is 1. The molecule has 0 saturated carbocycles. The first-order chi connectivity index (χ1) is 14.7. The number of carbonyl (C=O) groups excluding carboxylic acids is 1. The quantitative estimate of drug-likeness (QED) is 0.707. The number of sulfonamides is 1. The maximum atomic E-state index is 12.9. The molecule has 2 aromatic rings. The van der Waals surface area contributed by atoms with Gasteiger partial charge in [-0.2, -0.15) is 4.31 Å². The number of nitrogens with one attached hydrogen (secondary N) is 1. The maximum Gasteiger partial charge on any atom is 0.243 e. The van der Waals surface area contributed by atoms with Crippen molar-refractivity contribution in [2.24, 2.45) is 5.92 Å². The van der Waals surface area contributed by atoms with Gasteiger partial charge >= 0.3 is 0 Å². The summed E-state index contributed by atoms with van der Waals surface area (Å²) in [7, 11) is -3.54. The SMILES string of the molecule is Cc1ccc(S(=O)(=O)N2CCC(C(=O)NCc3ccc(OC(C)C)nc3)CC2)cc1C. The molecule has 1 aromatic carbocycles. The van der Waals surface area contributed by atoms with Crippen molar-refractivity contribution in [3.05, 3.63) is 53.2 Å². The lowest BCUT2D eigenvalue weighted by Crippen LogP contribution is -2.42. The standard InChI is InChI=1S/C23H31N3O4S/c1-16(2)30-22-8-6-19(14-24-22)15-25-23(27)20-9-11-26(12-10-20)31(28,29)21-7-5-17(3)18(4)13-21/h5-8,13-14,16,20H,9-12,15H2,1-4H3,(H,25,27). The molecule has 31 heavy (non-hydrogen) atoms. The fraction of sp³-hybridized carbons (Fsp3) is 0.478. The molecule has 1 saturated heterocycles. The van der Waals surface area contributed by atoms with Gasteiger partial charge in [-0.05, 0) is 69.4 Å². The van der Waals surface area contributed by atoms with Crippen LogP contribution in [0.4, 0.5) is 0 Å². The number of rotatable bonds is 7. The summed E-state index contributed by atoms with van der Waals surface area (Å²) in [6, 6.07) is 8.87. The van der Waals surface area contributed by atoms with Gasteiger partial charge in [0, 0.05) is 37.8 Å². The van der Waals surface area contributed by atoms with Crippen molar-refractivity contribution in [3.8, 4) is 5.88 Å². The van der Waals surface area contributed by atoms with Crippen LogP contribution in [-0.4, -0.2) is 42.8 Å². The first-order valence-electron chi connectivity index (χ1n) is 10.6. The Bertz CT molecular complexity index is 1010. The summed E-state index contributed by atoms with van der Waals surface area (Å²) < 4.78 is 32.9. The van der Waals surface area contributed by atoms with Crippen molar-refractivity contribution in [2.45, 2.75) is 58.1 Å². The van der Waals surface area contributed by atoms with E-state index < -0.39 is 10.0 Å². The zero-order valence-electron chi connectivity index (χ0n) is 18.6. The highest BCUT2D eigenvalue weighted by Crippen LogP contribution is 2.25. The molecular weight excluding hydrogens is 414 g/mol. The highest BCUT2D eigenvalue weighted by molar-refractivity contribution is 7.89. The molecular formula is C23H31N3O4S. The van der Waals surface area contributed by atoms with E-state index in [9.17, 15) is 13.2 Å². The van der Waals surface area contributed by atoms with Crippen molar-refractivity contribution in [1.82, 2.24) is 14.6 Å². The van der Waals surface area contributed by atoms with Crippen LogP contribution < -0.4 is 10.1 Å². The summed E-state index contributed by atoms with van der Waals surface area (Å²) in [6.45, 7) is 8.81. The summed E-state index contributed by atoms with van der Waals surface area (Å²) in [6.07, 6.45) is 2.77. The van der Waals surface area contributed by atoms with Crippen molar-refractivity contribution >= 4 is 15.9 Å². The Balaban J connectivity index is 1.52. The number of aromatic nitrogens is 1. The lowest BCUT2D eigenvalue weighted by Gasteiger charge is -2.30. The predicted octanol–water partition coefficient (Wildman–Crippen LogP) is 3.20. The number of ether oxygens (including phenoxy) is 1. The van der Waals surface area contributed by atoms with Crippen LogP contribution in [0.5, 0.6) is 5.88 Å². The second-order valence-electron chi connectivity index (χ2n) is 8.31. The molecule has 2 heterocycles. The Morgan fingerprint density at radius 1 is 1.16 bits per heavy atom. The third kappa shape index (κ3) is 5.83. The zero-order valence-corrected chi connectivity index (χ0v) is 19.4. The molecule has 1 fully saturated rings. The molecule has 168 valence electrons. The van der Waals surface area contributed by atoms with Crippen LogP contribution in [0.2, 0.25) is 0 Å². The van der Waals surface area contributed by atoms with E-state index in [0.29, 0.717) is 43.3 Å². The minimum Gasteiger partial charge on any atom is -0.475 e. The van der Waals surface area contributed by atoms with Crippen LogP contribution in [0.25, 0.3) is 0 Å². The molecule has 1 N–H and O–H groups in total. The van der Waals surface area contributed by atoms with Crippen molar-refractivity contribution in [2.75, 3.05) is 13.1 Å². The largest absolute Gasteiger partial charge is 0.475 e. The summed E-state index contributed by atoms with van der Waals surface area (Å²) >= 11 is 0. The molecule has 0 unspecified atom stereocenters. The second kappa shape index (κ2) is 9.78. The fourth-order valence-electron chi connectivity index (χ4n) is 3.54. The highest BCUT2D eigenvalue weighted by Gasteiger charge is 2.32. The van der Waals surface area contributed by atoms with E-state index in [1.54, 1.807) is 24.4 Å². The van der Waals surface area contributed by atoms with Gasteiger partial charge in [-0.1, -0.05) is 12.1 Å². The summed E-state index contributed by atoms with van der Waals surface area (Å²) in [5.41, 5.74) is 2.90. The van der Waals surface area contributed by atoms with Gasteiger partial charge in [0.15, 0.2) is 0 Å². The number of nitrogens with zero attached hydrogens (tertiary/aromatic N) is 2. The molecule has 0 aliphatic carbocycles. The first-order valence-corrected chi connectivity index (χ1v) is 12.1. The number of carbonyl (C=O) groups is 1. The van der Waals surface area contributed by atoms with E-state index in [-0.39, 0.29) is 17.9 Å². The number of benzene rings is 1. The number of aryl methyl sites for hydroxylation is 2. The monoisotopic (exact) mass is 445 g/mol. The van der Waals surface area contributed by atoms with Crippen molar-refractivity contribution in [3.63, 3.8) is 0 Å². The van der Waals surface area contributed by atoms with Crippen LogP contribution in [0.1, 0.15) is 43.4 Å². The van der Waals surface area contributed by atoms with Crippen LogP contribution >= 0.6 is 0 Å². The molecule has 0 bridgehead atoms. The number of hydrogen-bond donors (Lipinski definition) is 1. The lowest BCUT2D eigenvalue weighted by atomic mass is 9.97. The number of amides is 1. The molecule has 8 heteroatoms. The van der Waals surface area contributed by atoms with Gasteiger partial charge < -0.3 is 10.1 Å². The number of hydrogen-bond acceptors (Lipinski definition) is 5. The summed E-state index contributed by atoms with van der Waals surface area (Å²) in [5.74, 6) is 0.316. The average molecular weight is 446 g/mol. The topological polar surface area (TPSA) is 88.6 Å². The molecule has 1 aromatic heterocycles. The zero-order chi connectivity index (χ0) is 22.6. The van der Waals surface area contributed by atoms with Crippen LogP contribution in [0, 0.1) is 19.8 Å². The van der Waals surface area contributed by atoms with Gasteiger partial charge in [0.1, 0.15) is 0 Å². The Morgan fingerprint density at radius 3 is 2.45 bits per heavy atom. The van der Waals surface area contributed by atoms with Gasteiger partial charge in [-0.3, -0.25) is 4.79 Å². The highest BCUT2D eigenvalue weighted by atomic mass is 32.2. The Morgan fingerprint density at radius 2 is 1.87 bits per heavy atom. The molecule has 7 nitrogen and oxygen atoms in total. The normalized spacial score (nSPS) is 15.8. The molecule has 3 rings (SSSR count). The number of pyridine rings is 1. The van der Waals surface area contributed by atoms with E-state index >= 15 is 0 Å². The van der Waals surface area contributed by atoms with Crippen LogP contribution in [-0.2, 0) is 21.4 Å². The lowest BCUT2D eigenvalue weighted by molar-refractivity contribution is -0.126. The van der Waals surface area contributed by atoms with E-state index in [1.807, 2.05) is 39.8 Å². The van der Waals surface area contributed by atoms with Gasteiger partial charge in [0.2, 0.25) is 21.8 Å². The molecule has 0 radical (unpaired) electrons. The second-order valence-corrected chi connectivity index (χ2v) is 10.3. The van der Waals surface area contributed by atoms with E-state index in [4.69, 9.17) is 4.74 Å². The molecule has 0 spiro atoms. The third-order valence-electron chi connectivity index (χ3n) is 5.56. The van der Waals surface area contributed by atoms with Gasteiger partial charge in [-0.25, -0.2) is 13.4 Å². The van der Waals surface area contributed by atoms with Gasteiger partial charge in [-0.15, -0.1) is 0 Å². The van der Waals surface area contributed by atoms with E-state index in [0.717, 1.165) is 16.7 Å². The predicted molar refractivity (Wildman–Crippen MR) is 119 cm³/mol. The minimum atomic E-state index is -3.54. The van der Waals surface area contributed by atoms with Crippen LogP contribution in [0.15, 0.2) is 41.4 Å². The smallest absolute Gasteiger partial charge is 0.243 e. The molecule has 1 aliphatic heterocycles. The Hall–Kier alpha value is -2.45. The van der Waals surface area contributed by atoms with Crippen molar-refractivity contribution in [1.29, 1.82) is 0 Å².